The Labute approximate surface area is 179 Å². The van der Waals surface area contributed by atoms with E-state index in [4.69, 9.17) is 4.74 Å². The van der Waals surface area contributed by atoms with Gasteiger partial charge in [-0.25, -0.2) is 13.1 Å². The van der Waals surface area contributed by atoms with Gasteiger partial charge in [0, 0.05) is 29.1 Å². The molecule has 2 fully saturated rings. The van der Waals surface area contributed by atoms with E-state index in [1.165, 1.54) is 19.1 Å². The van der Waals surface area contributed by atoms with E-state index in [0.29, 0.717) is 36.8 Å². The third-order valence-electron chi connectivity index (χ3n) is 6.51. The minimum absolute atomic E-state index is 0.0554. The largest absolute Gasteiger partial charge is 0.376 e. The van der Waals surface area contributed by atoms with E-state index in [-0.39, 0.29) is 23.7 Å². The minimum Gasteiger partial charge on any atom is -0.376 e. The van der Waals surface area contributed by atoms with Crippen LogP contribution in [0, 0.1) is 30.6 Å². The molecule has 6 nitrogen and oxygen atoms in total. The molecule has 0 spiro atoms. The monoisotopic (exact) mass is 432 g/mol. The zero-order valence-corrected chi connectivity index (χ0v) is 18.7. The van der Waals surface area contributed by atoms with Gasteiger partial charge in [0.25, 0.3) is 5.56 Å². The molecule has 2 saturated carbocycles. The Morgan fingerprint density at radius 1 is 1.07 bits per heavy atom. The summed E-state index contributed by atoms with van der Waals surface area (Å²) in [5, 5.41) is 0. The molecular weight excluding hydrogens is 400 g/mol. The van der Waals surface area contributed by atoms with Crippen LogP contribution in [0.1, 0.15) is 62.2 Å². The van der Waals surface area contributed by atoms with Crippen LogP contribution < -0.4 is 10.3 Å². The highest BCUT2D eigenvalue weighted by atomic mass is 32.2. The molecule has 0 aromatic carbocycles. The minimum atomic E-state index is -3.38. The first-order valence-electron chi connectivity index (χ1n) is 11.1. The van der Waals surface area contributed by atoms with Crippen LogP contribution in [0.15, 0.2) is 16.9 Å². The van der Waals surface area contributed by atoms with Crippen LogP contribution >= 0.6 is 0 Å². The Balaban J connectivity index is 1.44. The second-order valence-electron chi connectivity index (χ2n) is 9.16. The van der Waals surface area contributed by atoms with Crippen LogP contribution in [0.2, 0.25) is 0 Å². The molecule has 1 aromatic rings. The first-order chi connectivity index (χ1) is 14.3. The van der Waals surface area contributed by atoms with E-state index in [1.54, 1.807) is 11.5 Å². The third-order valence-corrected chi connectivity index (χ3v) is 7.24. The molecule has 30 heavy (non-hydrogen) atoms. The van der Waals surface area contributed by atoms with E-state index in [0.717, 1.165) is 31.4 Å². The molecule has 2 unspecified atom stereocenters. The van der Waals surface area contributed by atoms with E-state index >= 15 is 0 Å². The van der Waals surface area contributed by atoms with E-state index in [1.807, 2.05) is 12.1 Å². The van der Waals surface area contributed by atoms with Gasteiger partial charge < -0.3 is 9.30 Å². The summed E-state index contributed by atoms with van der Waals surface area (Å²) in [6.45, 7) is 2.14. The van der Waals surface area contributed by atoms with Crippen LogP contribution in [0.4, 0.5) is 0 Å². The number of fused-ring (bicyclic) bond motifs is 1. The zero-order chi connectivity index (χ0) is 21.3. The van der Waals surface area contributed by atoms with E-state index in [2.05, 4.69) is 16.6 Å². The number of hydrogen-bond acceptors (Lipinski definition) is 4. The average molecular weight is 433 g/mol. The summed E-state index contributed by atoms with van der Waals surface area (Å²) >= 11 is 0. The van der Waals surface area contributed by atoms with Crippen molar-refractivity contribution in [3.63, 3.8) is 0 Å². The lowest BCUT2D eigenvalue weighted by Gasteiger charge is -2.36. The predicted molar refractivity (Wildman–Crippen MR) is 117 cm³/mol. The van der Waals surface area contributed by atoms with Gasteiger partial charge in [-0.3, -0.25) is 4.79 Å². The quantitative estimate of drug-likeness (QED) is 0.726. The molecule has 3 aliphatic rings. The molecule has 7 heteroatoms. The molecule has 1 aliphatic heterocycles. The third kappa shape index (κ3) is 5.35. The van der Waals surface area contributed by atoms with Gasteiger partial charge in [0.15, 0.2) is 0 Å². The number of aryl methyl sites for hydroxylation is 2. The summed E-state index contributed by atoms with van der Waals surface area (Å²) in [5.41, 5.74) is 1.56. The zero-order valence-electron chi connectivity index (χ0n) is 17.9. The van der Waals surface area contributed by atoms with Gasteiger partial charge in [-0.05, 0) is 64.4 Å². The van der Waals surface area contributed by atoms with Crippen LogP contribution in [0.25, 0.3) is 0 Å². The van der Waals surface area contributed by atoms with Crippen molar-refractivity contribution in [3.8, 4) is 11.8 Å². The van der Waals surface area contributed by atoms with Crippen molar-refractivity contribution in [1.29, 1.82) is 0 Å². The van der Waals surface area contributed by atoms with E-state index < -0.39 is 10.0 Å². The Kier molecular flexibility index (Phi) is 6.38. The Morgan fingerprint density at radius 2 is 1.70 bits per heavy atom. The summed E-state index contributed by atoms with van der Waals surface area (Å²) in [4.78, 5) is 12.9. The lowest BCUT2D eigenvalue weighted by atomic mass is 9.87. The lowest BCUT2D eigenvalue weighted by molar-refractivity contribution is -0.00299. The Bertz CT molecular complexity index is 992. The molecule has 1 aromatic heterocycles. The Hall–Kier alpha value is -1.62. The fourth-order valence-corrected chi connectivity index (χ4v) is 5.44. The van der Waals surface area contributed by atoms with Crippen molar-refractivity contribution >= 4 is 10.0 Å². The summed E-state index contributed by atoms with van der Waals surface area (Å²) in [6, 6.07) is 3.15. The summed E-state index contributed by atoms with van der Waals surface area (Å²) in [7, 11) is -3.38. The van der Waals surface area contributed by atoms with Gasteiger partial charge in [0.2, 0.25) is 10.0 Å². The molecule has 164 valence electrons. The van der Waals surface area contributed by atoms with Crippen LogP contribution in [0.3, 0.4) is 0 Å². The maximum Gasteiger partial charge on any atom is 0.254 e. The van der Waals surface area contributed by atoms with Gasteiger partial charge in [-0.2, -0.15) is 0 Å². The highest BCUT2D eigenvalue weighted by Gasteiger charge is 2.33. The van der Waals surface area contributed by atoms with Gasteiger partial charge in [-0.15, -0.1) is 0 Å². The maximum atomic E-state index is 12.9. The molecule has 0 saturated heterocycles. The average Bonchev–Trinajstić information content (AvgIpc) is 3.52. The van der Waals surface area contributed by atoms with Crippen LogP contribution in [0.5, 0.6) is 0 Å². The number of aromatic nitrogens is 1. The first-order valence-corrected chi connectivity index (χ1v) is 13.0. The molecular formula is C23H32N2O4S. The van der Waals surface area contributed by atoms with Crippen molar-refractivity contribution in [3.05, 3.63) is 33.7 Å². The second-order valence-corrected chi connectivity index (χ2v) is 10.9. The second kappa shape index (κ2) is 8.86. The van der Waals surface area contributed by atoms with Crippen molar-refractivity contribution in [2.45, 2.75) is 76.5 Å². The first kappa shape index (κ1) is 21.6. The number of rotatable bonds is 5. The highest BCUT2D eigenvalue weighted by Crippen LogP contribution is 2.31. The van der Waals surface area contributed by atoms with Crippen molar-refractivity contribution in [2.24, 2.45) is 11.8 Å². The number of hydrogen-bond donors (Lipinski definition) is 1. The molecule has 2 heterocycles. The SMILES string of the molecule is Cc1ccc2n(c1=O)C(COC1CCC(C#CC3CC3)CC1)C(NS(C)(=O)=O)CC2. The van der Waals surface area contributed by atoms with Crippen LogP contribution in [-0.2, 0) is 21.2 Å². The smallest absolute Gasteiger partial charge is 0.254 e. The van der Waals surface area contributed by atoms with Gasteiger partial charge in [-0.1, -0.05) is 17.9 Å². The molecule has 1 N–H and O–H groups in total. The normalized spacial score (nSPS) is 29.0. The molecule has 0 amide bonds. The molecule has 2 atom stereocenters. The fraction of sp³-hybridized carbons (Fsp3) is 0.696. The van der Waals surface area contributed by atoms with Crippen molar-refractivity contribution in [2.75, 3.05) is 12.9 Å². The predicted octanol–water partition coefficient (Wildman–Crippen LogP) is 2.55. The lowest BCUT2D eigenvalue weighted by Crippen LogP contribution is -2.49. The van der Waals surface area contributed by atoms with Gasteiger partial charge in [0.1, 0.15) is 0 Å². The number of sulfonamides is 1. The standard InChI is InChI=1S/C23H32N2O4S/c1-16-3-10-19-11-14-21(24-30(2,27)28)22(25(19)23(16)26)15-29-20-12-8-18(9-13-20)7-6-17-4-5-17/h3,10,17-18,20-22,24H,4-5,8-9,11-15H2,1-2H3. The summed E-state index contributed by atoms with van der Waals surface area (Å²) < 4.78 is 34.6. The summed E-state index contributed by atoms with van der Waals surface area (Å²) in [5.74, 6) is 7.94. The maximum absolute atomic E-state index is 12.9. The van der Waals surface area contributed by atoms with E-state index in [9.17, 15) is 13.2 Å². The Morgan fingerprint density at radius 3 is 2.30 bits per heavy atom. The van der Waals surface area contributed by atoms with Gasteiger partial charge >= 0.3 is 0 Å². The number of ether oxygens (including phenoxy) is 1. The fourth-order valence-electron chi connectivity index (χ4n) is 4.61. The highest BCUT2D eigenvalue weighted by molar-refractivity contribution is 7.88. The summed E-state index contributed by atoms with van der Waals surface area (Å²) in [6.07, 6.45) is 9.21. The molecule has 0 bridgehead atoms. The van der Waals surface area contributed by atoms with Gasteiger partial charge in [0.05, 0.1) is 25.0 Å². The molecule has 2 aliphatic carbocycles. The van der Waals surface area contributed by atoms with Crippen LogP contribution in [-0.4, -0.2) is 38.0 Å². The van der Waals surface area contributed by atoms with Crippen molar-refractivity contribution < 1.29 is 13.2 Å². The number of nitrogens with one attached hydrogen (secondary N) is 1. The van der Waals surface area contributed by atoms with Crippen molar-refractivity contribution in [1.82, 2.24) is 9.29 Å². The molecule has 0 radical (unpaired) electrons. The molecule has 4 rings (SSSR count). The number of nitrogens with zero attached hydrogens (tertiary/aromatic N) is 1. The number of pyridine rings is 1. The topological polar surface area (TPSA) is 77.4 Å².